The zero-order valence-electron chi connectivity index (χ0n) is 15.8. The Bertz CT molecular complexity index is 957. The molecule has 0 aliphatic heterocycles. The van der Waals surface area contributed by atoms with E-state index in [0.717, 1.165) is 29.5 Å². The maximum atomic E-state index is 4.85. The minimum atomic E-state index is 0.810. The van der Waals surface area contributed by atoms with Gasteiger partial charge in [0.05, 0.1) is 5.52 Å². The minimum Gasteiger partial charge on any atom is -0.384 e. The molecule has 1 aromatic heterocycles. The summed E-state index contributed by atoms with van der Waals surface area (Å²) in [5.41, 5.74) is 6.36. The number of rotatable bonds is 5. The number of fused-ring (bicyclic) bond motifs is 2. The van der Waals surface area contributed by atoms with Gasteiger partial charge in [-0.1, -0.05) is 37.1 Å². The Morgan fingerprint density at radius 1 is 0.889 bits per heavy atom. The van der Waals surface area contributed by atoms with Crippen LogP contribution in [-0.2, 0) is 12.8 Å². The Kier molecular flexibility index (Phi) is 4.44. The molecule has 0 atom stereocenters. The molecule has 3 aromatic rings. The molecule has 0 spiro atoms. The number of aryl methyl sites for hydroxylation is 2. The fourth-order valence-corrected chi connectivity index (χ4v) is 4.65. The number of nitrogens with zero attached hydrogens (tertiary/aromatic N) is 1. The highest BCUT2D eigenvalue weighted by molar-refractivity contribution is 5.93. The summed E-state index contributed by atoms with van der Waals surface area (Å²) in [5, 5.41) is 8.46. The van der Waals surface area contributed by atoms with Gasteiger partial charge in [0.15, 0.2) is 0 Å². The van der Waals surface area contributed by atoms with Crippen LogP contribution in [0.15, 0.2) is 48.5 Å². The van der Waals surface area contributed by atoms with Crippen molar-refractivity contribution in [1.82, 2.24) is 4.98 Å². The van der Waals surface area contributed by atoms with Crippen LogP contribution in [0.25, 0.3) is 10.9 Å². The molecule has 138 valence electrons. The predicted molar refractivity (Wildman–Crippen MR) is 114 cm³/mol. The topological polar surface area (TPSA) is 37.0 Å². The van der Waals surface area contributed by atoms with Gasteiger partial charge in [-0.15, -0.1) is 0 Å². The van der Waals surface area contributed by atoms with Crippen molar-refractivity contribution in [1.29, 1.82) is 0 Å². The fourth-order valence-electron chi connectivity index (χ4n) is 4.65. The number of hydrogen-bond donors (Lipinski definition) is 2. The first-order valence-electron chi connectivity index (χ1n) is 10.4. The smallest absolute Gasteiger partial charge is 0.133 e. The Labute approximate surface area is 161 Å². The van der Waals surface area contributed by atoms with Gasteiger partial charge in [0.1, 0.15) is 5.82 Å². The molecule has 0 unspecified atom stereocenters. The van der Waals surface area contributed by atoms with Crippen LogP contribution in [0.1, 0.15) is 43.2 Å². The van der Waals surface area contributed by atoms with E-state index in [1.54, 1.807) is 0 Å². The van der Waals surface area contributed by atoms with Crippen LogP contribution in [0.2, 0.25) is 0 Å². The van der Waals surface area contributed by atoms with E-state index < -0.39 is 0 Å². The van der Waals surface area contributed by atoms with Crippen molar-refractivity contribution >= 4 is 28.1 Å². The minimum absolute atomic E-state index is 0.810. The molecule has 1 saturated carbocycles. The lowest BCUT2D eigenvalue weighted by molar-refractivity contribution is 0.580. The highest BCUT2D eigenvalue weighted by atomic mass is 15.0. The highest BCUT2D eigenvalue weighted by Crippen LogP contribution is 2.31. The van der Waals surface area contributed by atoms with Crippen LogP contribution in [0, 0.1) is 5.92 Å². The maximum absolute atomic E-state index is 4.85. The number of anilines is 3. The van der Waals surface area contributed by atoms with Crippen LogP contribution >= 0.6 is 0 Å². The summed E-state index contributed by atoms with van der Waals surface area (Å²) in [6, 6.07) is 17.4. The van der Waals surface area contributed by atoms with E-state index in [2.05, 4.69) is 59.2 Å². The summed E-state index contributed by atoms with van der Waals surface area (Å²) < 4.78 is 0. The molecule has 2 aliphatic carbocycles. The van der Waals surface area contributed by atoms with E-state index in [9.17, 15) is 0 Å². The monoisotopic (exact) mass is 357 g/mol. The molecule has 5 rings (SSSR count). The van der Waals surface area contributed by atoms with Gasteiger partial charge in [-0.2, -0.15) is 0 Å². The second kappa shape index (κ2) is 7.22. The molecule has 2 aliphatic rings. The van der Waals surface area contributed by atoms with Crippen LogP contribution in [0.4, 0.5) is 17.2 Å². The zero-order valence-corrected chi connectivity index (χ0v) is 15.8. The molecule has 1 heterocycles. The van der Waals surface area contributed by atoms with Crippen LogP contribution in [0.3, 0.4) is 0 Å². The Balaban J connectivity index is 1.43. The van der Waals surface area contributed by atoms with Gasteiger partial charge in [-0.05, 0) is 67.3 Å². The quantitative estimate of drug-likeness (QED) is 0.582. The third-order valence-corrected chi connectivity index (χ3v) is 6.14. The molecular weight excluding hydrogens is 330 g/mol. The Morgan fingerprint density at radius 3 is 2.67 bits per heavy atom. The Morgan fingerprint density at radius 2 is 1.74 bits per heavy atom. The largest absolute Gasteiger partial charge is 0.384 e. The third-order valence-electron chi connectivity index (χ3n) is 6.14. The molecule has 0 bridgehead atoms. The lowest BCUT2D eigenvalue weighted by Crippen LogP contribution is -2.11. The zero-order chi connectivity index (χ0) is 18.1. The summed E-state index contributed by atoms with van der Waals surface area (Å²) in [7, 11) is 0. The van der Waals surface area contributed by atoms with Crippen LogP contribution in [-0.4, -0.2) is 11.5 Å². The van der Waals surface area contributed by atoms with Crippen molar-refractivity contribution in [3.63, 3.8) is 0 Å². The summed E-state index contributed by atoms with van der Waals surface area (Å²) in [6.07, 6.45) is 9.18. The summed E-state index contributed by atoms with van der Waals surface area (Å²) in [5.74, 6) is 1.73. The maximum Gasteiger partial charge on any atom is 0.133 e. The molecule has 2 N–H and O–H groups in total. The first kappa shape index (κ1) is 16.6. The number of aromatic nitrogens is 1. The van der Waals surface area contributed by atoms with E-state index in [1.807, 2.05) is 0 Å². The number of hydrogen-bond acceptors (Lipinski definition) is 3. The van der Waals surface area contributed by atoms with E-state index in [-0.39, 0.29) is 0 Å². The highest BCUT2D eigenvalue weighted by Gasteiger charge is 2.16. The Hall–Kier alpha value is -2.55. The average Bonchev–Trinajstić information content (AvgIpc) is 3.37. The molecule has 3 heteroatoms. The molecule has 1 fully saturated rings. The predicted octanol–water partition coefficient (Wildman–Crippen LogP) is 6.07. The number of para-hydroxylation sites is 1. The van der Waals surface area contributed by atoms with Crippen molar-refractivity contribution in [2.24, 2.45) is 5.92 Å². The van der Waals surface area contributed by atoms with Crippen molar-refractivity contribution < 1.29 is 0 Å². The van der Waals surface area contributed by atoms with Gasteiger partial charge in [0.25, 0.3) is 0 Å². The van der Waals surface area contributed by atoms with Gasteiger partial charge in [-0.3, -0.25) is 0 Å². The lowest BCUT2D eigenvalue weighted by Gasteiger charge is -2.16. The van der Waals surface area contributed by atoms with Gasteiger partial charge in [-0.25, -0.2) is 4.98 Å². The van der Waals surface area contributed by atoms with Crippen molar-refractivity contribution in [2.75, 3.05) is 17.2 Å². The van der Waals surface area contributed by atoms with E-state index in [0.29, 0.717) is 0 Å². The van der Waals surface area contributed by atoms with Gasteiger partial charge < -0.3 is 10.6 Å². The first-order chi connectivity index (χ1) is 13.3. The van der Waals surface area contributed by atoms with Gasteiger partial charge in [0.2, 0.25) is 0 Å². The molecule has 0 amide bonds. The van der Waals surface area contributed by atoms with E-state index in [4.69, 9.17) is 4.98 Å². The average molecular weight is 358 g/mol. The number of benzene rings is 2. The summed E-state index contributed by atoms with van der Waals surface area (Å²) in [6.45, 7) is 1.06. The third kappa shape index (κ3) is 3.51. The van der Waals surface area contributed by atoms with Crippen LogP contribution in [0.5, 0.6) is 0 Å². The van der Waals surface area contributed by atoms with Crippen LogP contribution < -0.4 is 10.6 Å². The normalized spacial score (nSPS) is 16.6. The number of pyridine rings is 1. The van der Waals surface area contributed by atoms with E-state index >= 15 is 0 Å². The molecule has 3 nitrogen and oxygen atoms in total. The summed E-state index contributed by atoms with van der Waals surface area (Å²) >= 11 is 0. The van der Waals surface area contributed by atoms with Crippen molar-refractivity contribution in [3.05, 3.63) is 59.7 Å². The first-order valence-corrected chi connectivity index (χ1v) is 10.4. The standard InChI is InChI=1S/C24H27N3/c1-2-7-17(6-1)16-25-23-15-24(27-22-11-4-3-10-21(22)23)26-20-13-12-18-8-5-9-19(18)14-20/h3-4,10-15,17H,1-2,5-9,16H2,(H2,25,26,27). The molecule has 2 aromatic carbocycles. The van der Waals surface area contributed by atoms with E-state index in [1.165, 1.54) is 67.1 Å². The second-order valence-corrected chi connectivity index (χ2v) is 8.07. The fraction of sp³-hybridized carbons (Fsp3) is 0.375. The lowest BCUT2D eigenvalue weighted by atomic mass is 10.1. The molecule has 27 heavy (non-hydrogen) atoms. The number of nitrogens with one attached hydrogen (secondary N) is 2. The molecular formula is C24H27N3. The SMILES string of the molecule is c1ccc2c(NCC3CCCC3)cc(Nc3ccc4c(c3)CCC4)nc2c1. The van der Waals surface area contributed by atoms with Crippen molar-refractivity contribution in [2.45, 2.75) is 44.9 Å². The van der Waals surface area contributed by atoms with Gasteiger partial charge in [0, 0.05) is 29.4 Å². The summed E-state index contributed by atoms with van der Waals surface area (Å²) in [4.78, 5) is 4.85. The second-order valence-electron chi connectivity index (χ2n) is 8.07. The molecule has 0 saturated heterocycles. The van der Waals surface area contributed by atoms with Crippen molar-refractivity contribution in [3.8, 4) is 0 Å². The van der Waals surface area contributed by atoms with Gasteiger partial charge >= 0.3 is 0 Å². The molecule has 0 radical (unpaired) electrons.